The molecular formula is C14H7Cl3N2O. The molecule has 0 bridgehead atoms. The molecule has 0 atom stereocenters. The minimum Gasteiger partial charge on any atom is -0.435 e. The third-order valence-electron chi connectivity index (χ3n) is 2.66. The van der Waals surface area contributed by atoms with Crippen LogP contribution in [0.1, 0.15) is 0 Å². The van der Waals surface area contributed by atoms with Crippen LogP contribution in [0.3, 0.4) is 0 Å². The zero-order chi connectivity index (χ0) is 14.1. The zero-order valence-corrected chi connectivity index (χ0v) is 12.2. The van der Waals surface area contributed by atoms with Gasteiger partial charge in [-0.15, -0.1) is 0 Å². The van der Waals surface area contributed by atoms with Gasteiger partial charge in [-0.1, -0.05) is 53.0 Å². The quantitative estimate of drug-likeness (QED) is 0.593. The minimum absolute atomic E-state index is 0.138. The number of halogens is 3. The highest BCUT2D eigenvalue weighted by molar-refractivity contribution is 6.42. The Hall–Kier alpha value is -1.55. The van der Waals surface area contributed by atoms with Gasteiger partial charge in [-0.2, -0.15) is 4.98 Å². The smallest absolute Gasteiger partial charge is 0.239 e. The molecule has 0 saturated heterocycles. The number of rotatable bonds is 2. The molecule has 20 heavy (non-hydrogen) atoms. The molecule has 0 aliphatic rings. The zero-order valence-electron chi connectivity index (χ0n) is 9.98. The molecule has 3 aromatic rings. The first-order valence-electron chi connectivity index (χ1n) is 5.68. The molecule has 0 aliphatic carbocycles. The molecule has 2 aromatic heterocycles. The second-order valence-corrected chi connectivity index (χ2v) is 5.15. The van der Waals surface area contributed by atoms with Crippen molar-refractivity contribution in [2.24, 2.45) is 0 Å². The average molecular weight is 326 g/mol. The molecule has 100 valence electrons. The van der Waals surface area contributed by atoms with Crippen molar-refractivity contribution in [3.05, 3.63) is 57.8 Å². The van der Waals surface area contributed by atoms with Crippen LogP contribution in [-0.2, 0) is 0 Å². The molecule has 2 heterocycles. The first-order valence-corrected chi connectivity index (χ1v) is 6.81. The summed E-state index contributed by atoms with van der Waals surface area (Å²) in [7, 11) is 0. The van der Waals surface area contributed by atoms with Gasteiger partial charge in [-0.3, -0.25) is 4.98 Å². The summed E-state index contributed by atoms with van der Waals surface area (Å²) in [5, 5.41) is 1.66. The maximum Gasteiger partial charge on any atom is 0.239 e. The van der Waals surface area contributed by atoms with Crippen molar-refractivity contribution in [2.75, 3.05) is 0 Å². The van der Waals surface area contributed by atoms with Gasteiger partial charge in [0, 0.05) is 11.6 Å². The SMILES string of the molecule is Clc1cc(Cl)c(Oc2cccc3cccnc23)nc1Cl. The third kappa shape index (κ3) is 2.52. The Morgan fingerprint density at radius 2 is 1.75 bits per heavy atom. The molecule has 0 amide bonds. The lowest BCUT2D eigenvalue weighted by Crippen LogP contribution is -1.92. The van der Waals surface area contributed by atoms with Gasteiger partial charge in [0.05, 0.1) is 5.02 Å². The summed E-state index contributed by atoms with van der Waals surface area (Å²) in [6, 6.07) is 10.9. The van der Waals surface area contributed by atoms with Crippen LogP contribution >= 0.6 is 34.8 Å². The Bertz CT molecular complexity index is 787. The van der Waals surface area contributed by atoms with Gasteiger partial charge >= 0.3 is 0 Å². The summed E-state index contributed by atoms with van der Waals surface area (Å²) in [4.78, 5) is 8.32. The van der Waals surface area contributed by atoms with Crippen molar-refractivity contribution in [3.8, 4) is 11.6 Å². The van der Waals surface area contributed by atoms with E-state index in [1.807, 2.05) is 24.3 Å². The number of nitrogens with zero attached hydrogens (tertiary/aromatic N) is 2. The first kappa shape index (κ1) is 13.4. The van der Waals surface area contributed by atoms with Crippen LogP contribution in [0.5, 0.6) is 11.6 Å². The minimum atomic E-state index is 0.138. The maximum atomic E-state index is 6.05. The van der Waals surface area contributed by atoms with Crippen molar-refractivity contribution >= 4 is 45.7 Å². The predicted octanol–water partition coefficient (Wildman–Crippen LogP) is 5.38. The summed E-state index contributed by atoms with van der Waals surface area (Å²) in [6.45, 7) is 0. The fourth-order valence-electron chi connectivity index (χ4n) is 1.76. The van der Waals surface area contributed by atoms with E-state index in [1.54, 1.807) is 12.3 Å². The van der Waals surface area contributed by atoms with E-state index < -0.39 is 0 Å². The van der Waals surface area contributed by atoms with Crippen molar-refractivity contribution in [1.29, 1.82) is 0 Å². The van der Waals surface area contributed by atoms with E-state index in [-0.39, 0.29) is 21.1 Å². The topological polar surface area (TPSA) is 35.0 Å². The Balaban J connectivity index is 2.08. The monoisotopic (exact) mass is 324 g/mol. The highest BCUT2D eigenvalue weighted by atomic mass is 35.5. The second kappa shape index (κ2) is 5.44. The number of hydrogen-bond acceptors (Lipinski definition) is 3. The molecule has 1 aromatic carbocycles. The number of fused-ring (bicyclic) bond motifs is 1. The molecule has 6 heteroatoms. The number of aromatic nitrogens is 2. The van der Waals surface area contributed by atoms with Crippen LogP contribution in [0.25, 0.3) is 10.9 Å². The average Bonchev–Trinajstić information content (AvgIpc) is 2.45. The van der Waals surface area contributed by atoms with E-state index in [0.29, 0.717) is 5.75 Å². The van der Waals surface area contributed by atoms with E-state index >= 15 is 0 Å². The van der Waals surface area contributed by atoms with E-state index in [4.69, 9.17) is 39.5 Å². The molecule has 0 unspecified atom stereocenters. The van der Waals surface area contributed by atoms with Crippen LogP contribution in [0.2, 0.25) is 15.2 Å². The van der Waals surface area contributed by atoms with E-state index in [0.717, 1.165) is 10.9 Å². The fraction of sp³-hybridized carbons (Fsp3) is 0. The van der Waals surface area contributed by atoms with Gasteiger partial charge in [-0.25, -0.2) is 0 Å². The Labute approximate surface area is 130 Å². The highest BCUT2D eigenvalue weighted by Gasteiger charge is 2.12. The molecule has 0 fully saturated rings. The third-order valence-corrected chi connectivity index (χ3v) is 3.60. The number of pyridine rings is 2. The van der Waals surface area contributed by atoms with Crippen LogP contribution in [0, 0.1) is 0 Å². The van der Waals surface area contributed by atoms with Gasteiger partial charge < -0.3 is 4.74 Å². The van der Waals surface area contributed by atoms with Crippen LogP contribution < -0.4 is 4.74 Å². The Morgan fingerprint density at radius 1 is 0.950 bits per heavy atom. The number of para-hydroxylation sites is 1. The lowest BCUT2D eigenvalue weighted by Gasteiger charge is -2.09. The molecular weight excluding hydrogens is 319 g/mol. The fourth-order valence-corrected chi connectivity index (χ4v) is 2.29. The molecule has 0 N–H and O–H groups in total. The normalized spacial score (nSPS) is 10.8. The summed E-state index contributed by atoms with van der Waals surface area (Å²) < 4.78 is 5.71. The lowest BCUT2D eigenvalue weighted by molar-refractivity contribution is 0.467. The van der Waals surface area contributed by atoms with Gasteiger partial charge in [0.15, 0.2) is 10.9 Å². The van der Waals surface area contributed by atoms with Gasteiger partial charge in [0.1, 0.15) is 10.5 Å². The van der Waals surface area contributed by atoms with Crippen molar-refractivity contribution in [1.82, 2.24) is 9.97 Å². The van der Waals surface area contributed by atoms with Gasteiger partial charge in [0.2, 0.25) is 5.88 Å². The van der Waals surface area contributed by atoms with Crippen LogP contribution in [0.15, 0.2) is 42.6 Å². The van der Waals surface area contributed by atoms with Crippen LogP contribution in [0.4, 0.5) is 0 Å². The van der Waals surface area contributed by atoms with E-state index in [9.17, 15) is 0 Å². The largest absolute Gasteiger partial charge is 0.435 e. The van der Waals surface area contributed by atoms with Crippen LogP contribution in [-0.4, -0.2) is 9.97 Å². The van der Waals surface area contributed by atoms with Crippen molar-refractivity contribution < 1.29 is 4.74 Å². The predicted molar refractivity (Wildman–Crippen MR) is 81.1 cm³/mol. The molecule has 3 nitrogen and oxygen atoms in total. The van der Waals surface area contributed by atoms with Crippen molar-refractivity contribution in [2.45, 2.75) is 0 Å². The van der Waals surface area contributed by atoms with E-state index in [2.05, 4.69) is 9.97 Å². The molecule has 0 saturated carbocycles. The number of hydrogen-bond donors (Lipinski definition) is 0. The molecule has 0 aliphatic heterocycles. The summed E-state index contributed by atoms with van der Waals surface area (Å²) in [6.07, 6.45) is 1.69. The highest BCUT2D eigenvalue weighted by Crippen LogP contribution is 2.35. The lowest BCUT2D eigenvalue weighted by atomic mass is 10.2. The second-order valence-electron chi connectivity index (χ2n) is 3.98. The Morgan fingerprint density at radius 3 is 2.60 bits per heavy atom. The van der Waals surface area contributed by atoms with Gasteiger partial charge in [0.25, 0.3) is 0 Å². The summed E-state index contributed by atoms with van der Waals surface area (Å²) >= 11 is 17.8. The number of benzene rings is 1. The summed E-state index contributed by atoms with van der Waals surface area (Å²) in [5.74, 6) is 0.745. The Kier molecular flexibility index (Phi) is 3.66. The standard InChI is InChI=1S/C14H7Cl3N2O/c15-9-7-10(16)14(19-13(9)17)20-11-5-1-3-8-4-2-6-18-12(8)11/h1-7H. The summed E-state index contributed by atoms with van der Waals surface area (Å²) in [5.41, 5.74) is 0.721. The van der Waals surface area contributed by atoms with E-state index in [1.165, 1.54) is 6.07 Å². The molecule has 0 spiro atoms. The first-order chi connectivity index (χ1) is 9.65. The van der Waals surface area contributed by atoms with Crippen molar-refractivity contribution in [3.63, 3.8) is 0 Å². The maximum absolute atomic E-state index is 6.05. The van der Waals surface area contributed by atoms with Gasteiger partial charge in [-0.05, 0) is 18.2 Å². The molecule has 3 rings (SSSR count). The molecule has 0 radical (unpaired) electrons. The number of ether oxygens (including phenoxy) is 1.